The fourth-order valence-corrected chi connectivity index (χ4v) is 1.93. The highest BCUT2D eigenvalue weighted by Gasteiger charge is 2.03. The molecule has 0 saturated heterocycles. The van der Waals surface area contributed by atoms with E-state index in [1.165, 1.54) is 47.9 Å². The second kappa shape index (κ2) is 5.19. The zero-order valence-electron chi connectivity index (χ0n) is 9.91. The zero-order valence-corrected chi connectivity index (χ0v) is 9.91. The van der Waals surface area contributed by atoms with Gasteiger partial charge in [0.1, 0.15) is 0 Å². The van der Waals surface area contributed by atoms with Crippen molar-refractivity contribution in [3.63, 3.8) is 0 Å². The Morgan fingerprint density at radius 2 is 1.36 bits per heavy atom. The minimum Gasteiger partial charge on any atom is -0.0651 e. The summed E-state index contributed by atoms with van der Waals surface area (Å²) in [6.07, 6.45) is 4.84. The molecule has 1 aromatic carbocycles. The lowest BCUT2D eigenvalue weighted by Gasteiger charge is -2.10. The monoisotopic (exact) mass is 189 g/mol. The summed E-state index contributed by atoms with van der Waals surface area (Å²) in [6, 6.07) is 5.86. The average molecular weight is 189 g/mol. The van der Waals surface area contributed by atoms with Gasteiger partial charge < -0.3 is 0 Å². The third-order valence-electron chi connectivity index (χ3n) is 2.73. The van der Waals surface area contributed by atoms with Gasteiger partial charge >= 0.3 is 0 Å². The van der Waals surface area contributed by atoms with Gasteiger partial charge in [-0.2, -0.15) is 0 Å². The van der Waals surface area contributed by atoms with Gasteiger partial charge in [0.2, 0.25) is 0 Å². The van der Waals surface area contributed by atoms with E-state index < -0.39 is 0 Å². The molecule has 1 aromatic rings. The van der Waals surface area contributed by atoms with Crippen LogP contribution in [0.4, 0.5) is 0 Å². The Morgan fingerprint density at radius 1 is 0.929 bits per heavy atom. The molecule has 0 unspecified atom stereocenters. The summed E-state index contributed by atoms with van der Waals surface area (Å²) >= 11 is 0. The van der Waals surface area contributed by atoms with Gasteiger partial charge in [0.05, 0.1) is 0 Å². The molecular weight excluding hydrogens is 168 g/mol. The van der Waals surface area contributed by atoms with Gasteiger partial charge in [0, 0.05) is 0 Å². The van der Waals surface area contributed by atoms with E-state index in [1.54, 1.807) is 0 Å². The highest BCUT2D eigenvalue weighted by atomic mass is 14.1. The molecule has 0 heteroatoms. The Balaban J connectivity index is 3.00. The summed E-state index contributed by atoms with van der Waals surface area (Å²) in [5.41, 5.74) is 5.65. The highest BCUT2D eigenvalue weighted by molar-refractivity contribution is 5.36. The quantitative estimate of drug-likeness (QED) is 0.671. The van der Waals surface area contributed by atoms with E-state index in [1.807, 2.05) is 0 Å². The van der Waals surface area contributed by atoms with Gasteiger partial charge in [-0.05, 0) is 55.0 Å². The van der Waals surface area contributed by atoms with Crippen molar-refractivity contribution in [2.75, 3.05) is 0 Å². The van der Waals surface area contributed by atoms with Crippen LogP contribution in [-0.2, 0) is 12.8 Å². The van der Waals surface area contributed by atoms with Crippen LogP contribution >= 0.6 is 0 Å². The topological polar surface area (TPSA) is 0 Å². The van der Waals surface area contributed by atoms with E-state index in [-0.39, 0.29) is 0 Å². The fourth-order valence-electron chi connectivity index (χ4n) is 1.93. The number of aryl methyl sites for hydroxylation is 4. The first-order chi connectivity index (χ1) is 6.69. The van der Waals surface area contributed by atoms with E-state index in [9.17, 15) is 0 Å². The molecule has 0 nitrogen and oxygen atoms in total. The van der Waals surface area contributed by atoms with Crippen molar-refractivity contribution < 1.29 is 0 Å². The van der Waals surface area contributed by atoms with Gasteiger partial charge in [-0.3, -0.25) is 0 Å². The first-order valence-corrected chi connectivity index (χ1v) is 5.70. The molecule has 0 heterocycles. The molecule has 0 atom stereocenters. The summed E-state index contributed by atoms with van der Waals surface area (Å²) in [5.74, 6) is 0. The molecule has 14 heavy (non-hydrogen) atoms. The molecule has 1 radical (unpaired) electrons. The van der Waals surface area contributed by atoms with Crippen LogP contribution in [0.3, 0.4) is 0 Å². The number of rotatable bonds is 4. The predicted molar refractivity (Wildman–Crippen MR) is 62.7 cm³/mol. The van der Waals surface area contributed by atoms with E-state index in [4.69, 9.17) is 0 Å². The van der Waals surface area contributed by atoms with E-state index in [0.717, 1.165) is 0 Å². The molecule has 0 fully saturated rings. The van der Waals surface area contributed by atoms with Crippen molar-refractivity contribution >= 4 is 0 Å². The highest BCUT2D eigenvalue weighted by Crippen LogP contribution is 2.18. The summed E-state index contributed by atoms with van der Waals surface area (Å²) in [4.78, 5) is 0. The fraction of sp³-hybridized carbons (Fsp3) is 0.571. The van der Waals surface area contributed by atoms with Gasteiger partial charge in [-0.15, -0.1) is 0 Å². The van der Waals surface area contributed by atoms with Crippen molar-refractivity contribution in [3.8, 4) is 0 Å². The second-order valence-electron chi connectivity index (χ2n) is 4.07. The largest absolute Gasteiger partial charge is 0.0651 e. The molecule has 0 amide bonds. The standard InChI is InChI=1S/C14H21/c1-5-7-13-10-14(8-6-2)12(4)9-11(13)3/h10H,5-8H2,1-4H3. The normalized spacial score (nSPS) is 10.6. The van der Waals surface area contributed by atoms with Gasteiger partial charge in [0.25, 0.3) is 0 Å². The summed E-state index contributed by atoms with van der Waals surface area (Å²) in [6.45, 7) is 8.82. The molecular formula is C14H21. The van der Waals surface area contributed by atoms with E-state index >= 15 is 0 Å². The van der Waals surface area contributed by atoms with Crippen LogP contribution in [0.5, 0.6) is 0 Å². The molecule has 0 aliphatic rings. The lowest BCUT2D eigenvalue weighted by Crippen LogP contribution is -1.96. The van der Waals surface area contributed by atoms with Crippen molar-refractivity contribution in [1.29, 1.82) is 0 Å². The number of hydrogen-bond acceptors (Lipinski definition) is 0. The Morgan fingerprint density at radius 3 is 1.71 bits per heavy atom. The zero-order chi connectivity index (χ0) is 10.6. The third-order valence-corrected chi connectivity index (χ3v) is 2.73. The van der Waals surface area contributed by atoms with Gasteiger partial charge in [-0.25, -0.2) is 0 Å². The Labute approximate surface area is 88.4 Å². The van der Waals surface area contributed by atoms with Crippen molar-refractivity contribution in [2.24, 2.45) is 0 Å². The molecule has 0 spiro atoms. The second-order valence-corrected chi connectivity index (χ2v) is 4.07. The average Bonchev–Trinajstić information content (AvgIpc) is 2.14. The molecule has 0 aliphatic heterocycles. The number of benzene rings is 1. The first kappa shape index (κ1) is 11.3. The van der Waals surface area contributed by atoms with Gasteiger partial charge in [-0.1, -0.05) is 32.8 Å². The van der Waals surface area contributed by atoms with E-state index in [2.05, 4.69) is 39.8 Å². The maximum Gasteiger partial charge on any atom is -0.0114 e. The van der Waals surface area contributed by atoms with Crippen molar-refractivity contribution in [1.82, 2.24) is 0 Å². The SMILES string of the molecule is CCCc1cc(CCC)c(C)[c]c1C. The van der Waals surface area contributed by atoms with E-state index in [0.29, 0.717) is 0 Å². The lowest BCUT2D eigenvalue weighted by molar-refractivity contribution is 0.881. The minimum atomic E-state index is 1.19. The van der Waals surface area contributed by atoms with Crippen LogP contribution in [0.25, 0.3) is 0 Å². The molecule has 0 bridgehead atoms. The molecule has 0 N–H and O–H groups in total. The van der Waals surface area contributed by atoms with Crippen LogP contribution in [0.15, 0.2) is 6.07 Å². The van der Waals surface area contributed by atoms with Crippen LogP contribution in [0.2, 0.25) is 0 Å². The Kier molecular flexibility index (Phi) is 4.19. The maximum atomic E-state index is 3.48. The third kappa shape index (κ3) is 2.60. The molecule has 1 rings (SSSR count). The van der Waals surface area contributed by atoms with Crippen molar-refractivity contribution in [3.05, 3.63) is 34.4 Å². The van der Waals surface area contributed by atoms with Crippen molar-refractivity contribution in [2.45, 2.75) is 53.4 Å². The Bertz CT molecular complexity index is 270. The summed E-state index contributed by atoms with van der Waals surface area (Å²) in [7, 11) is 0. The van der Waals surface area contributed by atoms with Crippen LogP contribution in [0.1, 0.15) is 48.9 Å². The predicted octanol–water partition coefficient (Wildman–Crippen LogP) is 4.01. The summed E-state index contributed by atoms with van der Waals surface area (Å²) in [5, 5.41) is 0. The smallest absolute Gasteiger partial charge is 0.0114 e. The lowest BCUT2D eigenvalue weighted by atomic mass is 9.95. The first-order valence-electron chi connectivity index (χ1n) is 5.70. The summed E-state index contributed by atoms with van der Waals surface area (Å²) < 4.78 is 0. The molecule has 0 aliphatic carbocycles. The van der Waals surface area contributed by atoms with Crippen LogP contribution in [-0.4, -0.2) is 0 Å². The molecule has 0 saturated carbocycles. The molecule has 0 aromatic heterocycles. The number of hydrogen-bond donors (Lipinski definition) is 0. The molecule has 77 valence electrons. The van der Waals surface area contributed by atoms with Gasteiger partial charge in [0.15, 0.2) is 0 Å². The van der Waals surface area contributed by atoms with Crippen LogP contribution < -0.4 is 0 Å². The van der Waals surface area contributed by atoms with Crippen LogP contribution in [0, 0.1) is 19.9 Å². The Hall–Kier alpha value is -0.780. The maximum absolute atomic E-state index is 3.48. The minimum absolute atomic E-state index is 1.19.